The van der Waals surface area contributed by atoms with E-state index < -0.39 is 5.97 Å². The fourth-order valence-corrected chi connectivity index (χ4v) is 1.60. The van der Waals surface area contributed by atoms with Gasteiger partial charge >= 0.3 is 11.9 Å². The largest absolute Gasteiger partial charge is 0.481 e. The van der Waals surface area contributed by atoms with Crippen LogP contribution in [0.1, 0.15) is 39.2 Å². The van der Waals surface area contributed by atoms with E-state index in [1.165, 1.54) is 0 Å². The zero-order valence-electron chi connectivity index (χ0n) is 12.9. The maximum atomic E-state index is 11.4. The van der Waals surface area contributed by atoms with E-state index in [2.05, 4.69) is 0 Å². The zero-order valence-corrected chi connectivity index (χ0v) is 12.9. The minimum atomic E-state index is -0.899. The van der Waals surface area contributed by atoms with Gasteiger partial charge in [-0.3, -0.25) is 9.59 Å². The van der Waals surface area contributed by atoms with Crippen molar-refractivity contribution < 1.29 is 19.4 Å². The van der Waals surface area contributed by atoms with Crippen molar-refractivity contribution >= 4 is 18.0 Å². The molecule has 0 amide bonds. The summed E-state index contributed by atoms with van der Waals surface area (Å²) in [6.45, 7) is 5.92. The Morgan fingerprint density at radius 1 is 1.19 bits per heavy atom. The maximum absolute atomic E-state index is 11.4. The van der Waals surface area contributed by atoms with Gasteiger partial charge in [-0.25, -0.2) is 0 Å². The van der Waals surface area contributed by atoms with Crippen molar-refractivity contribution in [3.8, 4) is 0 Å². The maximum Gasteiger partial charge on any atom is 0.306 e. The number of carboxylic acid groups (broad SMARTS) is 1. The second-order valence-electron chi connectivity index (χ2n) is 4.40. The molecular formula is C17H24O4. The summed E-state index contributed by atoms with van der Waals surface area (Å²) < 4.78 is 5.00. The second kappa shape index (κ2) is 11.7. The summed E-state index contributed by atoms with van der Waals surface area (Å²) in [7, 11) is 0. The number of carbonyl (C=O) groups is 2. The molecule has 4 heteroatoms. The van der Waals surface area contributed by atoms with E-state index in [1.54, 1.807) is 13.0 Å². The number of hydrogen-bond acceptors (Lipinski definition) is 3. The molecule has 0 radical (unpaired) electrons. The Labute approximate surface area is 126 Å². The number of hydrogen-bond donors (Lipinski definition) is 1. The van der Waals surface area contributed by atoms with E-state index in [0.717, 1.165) is 5.56 Å². The Hall–Kier alpha value is -2.10. The Morgan fingerprint density at radius 3 is 2.38 bits per heavy atom. The first-order chi connectivity index (χ1) is 10.1. The van der Waals surface area contributed by atoms with Gasteiger partial charge in [0.15, 0.2) is 0 Å². The quantitative estimate of drug-likeness (QED) is 0.777. The number of ether oxygens (including phenoxy) is 1. The standard InChI is InChI=1S/C15H18O4.C2H6/c1-12(10-14(16)17)11-15(18)19-9-5-8-13-6-3-2-4-7-13;1-2/h2-8,12H,9-11H2,1H3,(H,16,17);1-2H3/b8-5+;/t12-;/m1./s1. The number of aliphatic carboxylic acids is 1. The van der Waals surface area contributed by atoms with Gasteiger partial charge in [-0.15, -0.1) is 0 Å². The van der Waals surface area contributed by atoms with Crippen molar-refractivity contribution in [2.75, 3.05) is 6.61 Å². The lowest BCUT2D eigenvalue weighted by Gasteiger charge is -2.07. The smallest absolute Gasteiger partial charge is 0.306 e. The molecule has 1 rings (SSSR count). The molecule has 1 aromatic rings. The number of benzene rings is 1. The molecule has 21 heavy (non-hydrogen) atoms. The Kier molecular flexibility index (Phi) is 10.5. The molecule has 0 aliphatic rings. The molecule has 1 atom stereocenters. The minimum Gasteiger partial charge on any atom is -0.481 e. The van der Waals surface area contributed by atoms with Crippen LogP contribution in [0.15, 0.2) is 36.4 Å². The molecule has 0 saturated heterocycles. The minimum absolute atomic E-state index is 0.0189. The first-order valence-electron chi connectivity index (χ1n) is 7.17. The zero-order chi connectivity index (χ0) is 16.1. The van der Waals surface area contributed by atoms with Crippen LogP contribution in [0.4, 0.5) is 0 Å². The molecule has 0 aliphatic heterocycles. The molecule has 0 bridgehead atoms. The SMILES string of the molecule is CC.C[C@H](CC(=O)O)CC(=O)OC/C=C/c1ccccc1. The molecule has 0 saturated carbocycles. The van der Waals surface area contributed by atoms with Crippen molar-refractivity contribution in [3.63, 3.8) is 0 Å². The third kappa shape index (κ3) is 10.4. The van der Waals surface area contributed by atoms with Crippen LogP contribution in [-0.2, 0) is 14.3 Å². The summed E-state index contributed by atoms with van der Waals surface area (Å²) >= 11 is 0. The van der Waals surface area contributed by atoms with Gasteiger partial charge < -0.3 is 9.84 Å². The summed E-state index contributed by atoms with van der Waals surface area (Å²) in [5, 5.41) is 8.57. The van der Waals surface area contributed by atoms with Crippen molar-refractivity contribution in [1.82, 2.24) is 0 Å². The molecule has 0 spiro atoms. The molecule has 0 aliphatic carbocycles. The normalized spacial score (nSPS) is 11.4. The van der Waals surface area contributed by atoms with Gasteiger partial charge in [-0.05, 0) is 17.6 Å². The van der Waals surface area contributed by atoms with E-state index >= 15 is 0 Å². The lowest BCUT2D eigenvalue weighted by atomic mass is 10.0. The third-order valence-electron chi connectivity index (χ3n) is 2.49. The fourth-order valence-electron chi connectivity index (χ4n) is 1.60. The Bertz CT molecular complexity index is 437. The van der Waals surface area contributed by atoms with Crippen LogP contribution in [0.5, 0.6) is 0 Å². The average Bonchev–Trinajstić information content (AvgIpc) is 2.46. The van der Waals surface area contributed by atoms with Crippen molar-refractivity contribution in [1.29, 1.82) is 0 Å². The van der Waals surface area contributed by atoms with Crippen LogP contribution in [0, 0.1) is 5.92 Å². The Morgan fingerprint density at radius 2 is 1.81 bits per heavy atom. The van der Waals surface area contributed by atoms with Gasteiger partial charge in [-0.1, -0.05) is 57.2 Å². The third-order valence-corrected chi connectivity index (χ3v) is 2.49. The first-order valence-corrected chi connectivity index (χ1v) is 7.17. The summed E-state index contributed by atoms with van der Waals surface area (Å²) in [5.41, 5.74) is 1.04. The Balaban J connectivity index is 0.00000191. The molecule has 0 unspecified atom stereocenters. The summed E-state index contributed by atoms with van der Waals surface area (Å²) in [6.07, 6.45) is 3.74. The summed E-state index contributed by atoms with van der Waals surface area (Å²) in [5.74, 6) is -1.47. The molecular weight excluding hydrogens is 268 g/mol. The first kappa shape index (κ1) is 18.9. The van der Waals surface area contributed by atoms with Gasteiger partial charge in [0.2, 0.25) is 0 Å². The van der Waals surface area contributed by atoms with Crippen LogP contribution in [0.25, 0.3) is 6.08 Å². The highest BCUT2D eigenvalue weighted by atomic mass is 16.5. The van der Waals surface area contributed by atoms with Gasteiger partial charge in [0.1, 0.15) is 6.61 Å². The van der Waals surface area contributed by atoms with Crippen LogP contribution in [0.2, 0.25) is 0 Å². The summed E-state index contributed by atoms with van der Waals surface area (Å²) in [4.78, 5) is 21.8. The van der Waals surface area contributed by atoms with Crippen molar-refractivity contribution in [3.05, 3.63) is 42.0 Å². The molecule has 1 aromatic carbocycles. The van der Waals surface area contributed by atoms with Crippen LogP contribution in [-0.4, -0.2) is 23.7 Å². The summed E-state index contributed by atoms with van der Waals surface area (Å²) in [6, 6.07) is 9.69. The van der Waals surface area contributed by atoms with E-state index in [4.69, 9.17) is 9.84 Å². The van der Waals surface area contributed by atoms with Crippen LogP contribution in [0.3, 0.4) is 0 Å². The highest BCUT2D eigenvalue weighted by molar-refractivity contribution is 5.72. The van der Waals surface area contributed by atoms with Gasteiger partial charge in [0, 0.05) is 12.8 Å². The topological polar surface area (TPSA) is 63.6 Å². The van der Waals surface area contributed by atoms with Gasteiger partial charge in [-0.2, -0.15) is 0 Å². The lowest BCUT2D eigenvalue weighted by molar-refractivity contribution is -0.144. The lowest BCUT2D eigenvalue weighted by Crippen LogP contribution is -2.12. The van der Waals surface area contributed by atoms with Gasteiger partial charge in [0.25, 0.3) is 0 Å². The predicted octanol–water partition coefficient (Wildman–Crippen LogP) is 3.77. The molecule has 0 fully saturated rings. The molecule has 4 nitrogen and oxygen atoms in total. The molecule has 1 N–H and O–H groups in total. The van der Waals surface area contributed by atoms with E-state index in [-0.39, 0.29) is 31.3 Å². The van der Waals surface area contributed by atoms with Gasteiger partial charge in [0.05, 0.1) is 0 Å². The van der Waals surface area contributed by atoms with Crippen LogP contribution < -0.4 is 0 Å². The number of rotatable bonds is 7. The number of carbonyl (C=O) groups excluding carboxylic acids is 1. The van der Waals surface area contributed by atoms with Crippen molar-refractivity contribution in [2.45, 2.75) is 33.6 Å². The molecule has 0 aromatic heterocycles. The fraction of sp³-hybridized carbons (Fsp3) is 0.412. The van der Waals surface area contributed by atoms with E-state index in [1.807, 2.05) is 50.3 Å². The highest BCUT2D eigenvalue weighted by Gasteiger charge is 2.12. The van der Waals surface area contributed by atoms with E-state index in [9.17, 15) is 9.59 Å². The van der Waals surface area contributed by atoms with E-state index in [0.29, 0.717) is 0 Å². The highest BCUT2D eigenvalue weighted by Crippen LogP contribution is 2.08. The van der Waals surface area contributed by atoms with Crippen LogP contribution >= 0.6 is 0 Å². The second-order valence-corrected chi connectivity index (χ2v) is 4.40. The predicted molar refractivity (Wildman–Crippen MR) is 83.8 cm³/mol. The molecule has 0 heterocycles. The average molecular weight is 292 g/mol. The number of esters is 1. The number of carboxylic acids is 1. The monoisotopic (exact) mass is 292 g/mol. The van der Waals surface area contributed by atoms with Crippen molar-refractivity contribution in [2.24, 2.45) is 5.92 Å². The molecule has 116 valence electrons.